The van der Waals surface area contributed by atoms with Crippen LogP contribution in [-0.2, 0) is 15.5 Å². The van der Waals surface area contributed by atoms with Gasteiger partial charge in [0.25, 0.3) is 0 Å². The monoisotopic (exact) mass is 426 g/mol. The molecule has 0 bridgehead atoms. The molecular formula is C20H19FN6O2S. The summed E-state index contributed by atoms with van der Waals surface area (Å²) in [6.07, 6.45) is 2.98. The van der Waals surface area contributed by atoms with Crippen LogP contribution >= 0.6 is 0 Å². The Morgan fingerprint density at radius 3 is 2.83 bits per heavy atom. The van der Waals surface area contributed by atoms with Crippen LogP contribution in [0.2, 0.25) is 0 Å². The number of aromatic nitrogens is 3. The number of anilines is 2. The summed E-state index contributed by atoms with van der Waals surface area (Å²) in [7, 11) is -1.18. The van der Waals surface area contributed by atoms with Gasteiger partial charge in [-0.1, -0.05) is 19.1 Å². The number of benzene rings is 2. The van der Waals surface area contributed by atoms with Crippen LogP contribution in [0.25, 0.3) is 11.4 Å². The second-order valence-electron chi connectivity index (χ2n) is 6.20. The number of rotatable bonds is 7. The van der Waals surface area contributed by atoms with Crippen LogP contribution < -0.4 is 10.1 Å². The molecule has 3 aromatic rings. The fourth-order valence-corrected chi connectivity index (χ4v) is 3.98. The van der Waals surface area contributed by atoms with Gasteiger partial charge in [-0.25, -0.2) is 18.6 Å². The van der Waals surface area contributed by atoms with E-state index < -0.39 is 15.5 Å². The van der Waals surface area contributed by atoms with Gasteiger partial charge in [-0.2, -0.15) is 10.2 Å². The lowest BCUT2D eigenvalue weighted by Gasteiger charge is -2.10. The quantitative estimate of drug-likeness (QED) is 0.570. The molecule has 1 aromatic heterocycles. The lowest BCUT2D eigenvalue weighted by Crippen LogP contribution is -2.07. The zero-order valence-electron chi connectivity index (χ0n) is 16.4. The molecule has 1 atom stereocenters. The molecule has 0 saturated heterocycles. The van der Waals surface area contributed by atoms with Gasteiger partial charge in [0.1, 0.15) is 17.9 Å². The van der Waals surface area contributed by atoms with Crippen LogP contribution in [0.1, 0.15) is 12.5 Å². The van der Waals surface area contributed by atoms with Gasteiger partial charge in [-0.3, -0.25) is 0 Å². The Bertz CT molecular complexity index is 1220. The van der Waals surface area contributed by atoms with Crippen LogP contribution in [0.3, 0.4) is 0 Å². The molecular weight excluding hydrogens is 407 g/mol. The van der Waals surface area contributed by atoms with E-state index in [4.69, 9.17) is 10.00 Å². The summed E-state index contributed by atoms with van der Waals surface area (Å²) < 4.78 is 34.9. The number of methoxy groups -OCH3 is 1. The third kappa shape index (κ3) is 5.07. The summed E-state index contributed by atoms with van der Waals surface area (Å²) in [5.74, 6) is 0.941. The highest BCUT2D eigenvalue weighted by molar-refractivity contribution is 7.92. The van der Waals surface area contributed by atoms with Gasteiger partial charge in [-0.15, -0.1) is 4.36 Å². The van der Waals surface area contributed by atoms with Gasteiger partial charge in [0, 0.05) is 17.5 Å². The Hall–Kier alpha value is -3.58. The van der Waals surface area contributed by atoms with Crippen LogP contribution in [0, 0.1) is 17.3 Å². The zero-order chi connectivity index (χ0) is 21.6. The first-order chi connectivity index (χ1) is 14.5. The largest absolute Gasteiger partial charge is 0.496 e. The summed E-state index contributed by atoms with van der Waals surface area (Å²) in [6.45, 7) is 1.74. The fourth-order valence-electron chi connectivity index (χ4n) is 2.74. The van der Waals surface area contributed by atoms with Crippen molar-refractivity contribution in [1.29, 1.82) is 5.26 Å². The van der Waals surface area contributed by atoms with Crippen molar-refractivity contribution in [1.82, 2.24) is 15.0 Å². The Morgan fingerprint density at radius 2 is 2.10 bits per heavy atom. The minimum Gasteiger partial charge on any atom is -0.496 e. The Labute approximate surface area is 174 Å². The second-order valence-corrected chi connectivity index (χ2v) is 8.79. The van der Waals surface area contributed by atoms with E-state index in [-0.39, 0.29) is 17.5 Å². The highest BCUT2D eigenvalue weighted by Crippen LogP contribution is 2.28. The minimum absolute atomic E-state index is 0.168. The fraction of sp³-hybridized carbons (Fsp3) is 0.200. The Balaban J connectivity index is 1.87. The van der Waals surface area contributed by atoms with E-state index in [0.717, 1.165) is 5.56 Å². The molecule has 0 fully saturated rings. The molecule has 0 amide bonds. The van der Waals surface area contributed by atoms with Crippen LogP contribution in [0.5, 0.6) is 5.75 Å². The number of nitrogens with zero attached hydrogens (tertiary/aromatic N) is 5. The molecule has 1 heterocycles. The molecule has 0 radical (unpaired) electrons. The van der Waals surface area contributed by atoms with E-state index in [2.05, 4.69) is 24.6 Å². The number of halogens is 1. The third-order valence-electron chi connectivity index (χ3n) is 4.21. The molecule has 2 aromatic carbocycles. The highest BCUT2D eigenvalue weighted by atomic mass is 32.2. The SMILES string of the molecule is CCS(=O)(Cc1cccc(Nc2ncnc(-c3ccc(F)cc3OC)n2)c1)=NC#N. The molecule has 0 aliphatic heterocycles. The summed E-state index contributed by atoms with van der Waals surface area (Å²) in [4.78, 5) is 12.6. The third-order valence-corrected chi connectivity index (χ3v) is 6.31. The minimum atomic E-state index is -2.62. The summed E-state index contributed by atoms with van der Waals surface area (Å²) in [5.41, 5.74) is 1.96. The molecule has 1 unspecified atom stereocenters. The predicted octanol–water partition coefficient (Wildman–Crippen LogP) is 3.90. The van der Waals surface area contributed by atoms with Crippen molar-refractivity contribution in [3.05, 3.63) is 60.2 Å². The van der Waals surface area contributed by atoms with Crippen molar-refractivity contribution in [3.63, 3.8) is 0 Å². The average Bonchev–Trinajstić information content (AvgIpc) is 2.74. The first-order valence-corrected chi connectivity index (χ1v) is 10.8. The molecule has 0 spiro atoms. The van der Waals surface area contributed by atoms with Crippen molar-refractivity contribution in [3.8, 4) is 23.3 Å². The van der Waals surface area contributed by atoms with Crippen LogP contribution in [-0.4, -0.2) is 32.0 Å². The van der Waals surface area contributed by atoms with E-state index in [1.165, 1.54) is 31.6 Å². The lowest BCUT2D eigenvalue weighted by molar-refractivity contribution is 0.412. The molecule has 0 aliphatic carbocycles. The van der Waals surface area contributed by atoms with E-state index in [1.54, 1.807) is 31.3 Å². The number of nitriles is 1. The summed E-state index contributed by atoms with van der Waals surface area (Å²) >= 11 is 0. The van der Waals surface area contributed by atoms with E-state index >= 15 is 0 Å². The molecule has 154 valence electrons. The zero-order valence-corrected chi connectivity index (χ0v) is 17.2. The molecule has 3 rings (SSSR count). The molecule has 30 heavy (non-hydrogen) atoms. The maximum absolute atomic E-state index is 13.5. The van der Waals surface area contributed by atoms with Crippen molar-refractivity contribution >= 4 is 21.4 Å². The van der Waals surface area contributed by atoms with Gasteiger partial charge >= 0.3 is 0 Å². The smallest absolute Gasteiger partial charge is 0.230 e. The van der Waals surface area contributed by atoms with Crippen LogP contribution in [0.15, 0.2) is 53.2 Å². The maximum Gasteiger partial charge on any atom is 0.230 e. The maximum atomic E-state index is 13.5. The molecule has 0 aliphatic rings. The van der Waals surface area contributed by atoms with Gasteiger partial charge in [-0.05, 0) is 29.8 Å². The predicted molar refractivity (Wildman–Crippen MR) is 112 cm³/mol. The normalized spacial score (nSPS) is 12.5. The Morgan fingerprint density at radius 1 is 1.27 bits per heavy atom. The highest BCUT2D eigenvalue weighted by Gasteiger charge is 2.12. The lowest BCUT2D eigenvalue weighted by atomic mass is 10.2. The molecule has 8 nitrogen and oxygen atoms in total. The van der Waals surface area contributed by atoms with Crippen LogP contribution in [0.4, 0.5) is 16.0 Å². The summed E-state index contributed by atoms with van der Waals surface area (Å²) in [6, 6.07) is 11.3. The molecule has 10 heteroatoms. The second kappa shape index (κ2) is 9.28. The van der Waals surface area contributed by atoms with E-state index in [1.807, 2.05) is 6.07 Å². The average molecular weight is 426 g/mol. The summed E-state index contributed by atoms with van der Waals surface area (Å²) in [5, 5.41) is 11.8. The van der Waals surface area contributed by atoms with Crippen molar-refractivity contribution in [2.45, 2.75) is 12.7 Å². The standard InChI is InChI=1S/C20H19FN6O2S/c1-3-30(28,25-12-22)11-14-5-4-6-16(9-14)26-20-24-13-23-19(27-20)17-8-7-15(21)10-18(17)29-2/h4-10,13H,3,11H2,1-2H3,(H,23,24,26,27). The van der Waals surface area contributed by atoms with Crippen molar-refractivity contribution in [2.75, 3.05) is 18.2 Å². The van der Waals surface area contributed by atoms with Crippen molar-refractivity contribution < 1.29 is 13.3 Å². The van der Waals surface area contributed by atoms with E-state index in [9.17, 15) is 8.60 Å². The number of hydrogen-bond donors (Lipinski definition) is 1. The van der Waals surface area contributed by atoms with Gasteiger partial charge in [0.2, 0.25) is 12.1 Å². The number of nitrogens with one attached hydrogen (secondary N) is 1. The molecule has 1 N–H and O–H groups in total. The first kappa shape index (κ1) is 21.1. The number of hydrogen-bond acceptors (Lipinski definition) is 8. The van der Waals surface area contributed by atoms with E-state index in [0.29, 0.717) is 22.8 Å². The van der Waals surface area contributed by atoms with Gasteiger partial charge in [0.05, 0.1) is 28.2 Å². The topological polar surface area (TPSA) is 113 Å². The van der Waals surface area contributed by atoms with Crippen molar-refractivity contribution in [2.24, 2.45) is 4.36 Å². The number of ether oxygens (including phenoxy) is 1. The van der Waals surface area contributed by atoms with Gasteiger partial charge in [0.15, 0.2) is 5.82 Å². The Kier molecular flexibility index (Phi) is 6.54. The van der Waals surface area contributed by atoms with Gasteiger partial charge < -0.3 is 10.1 Å². The molecule has 0 saturated carbocycles. The first-order valence-electron chi connectivity index (χ1n) is 8.96.